The number of nitrogens with one attached hydrogen (secondary N) is 2. The van der Waals surface area contributed by atoms with Crippen molar-refractivity contribution in [3.8, 4) is 6.07 Å². The van der Waals surface area contributed by atoms with E-state index in [1.807, 2.05) is 21.0 Å². The number of hydrogen-bond donors (Lipinski definition) is 2. The van der Waals surface area contributed by atoms with E-state index in [-0.39, 0.29) is 0 Å². The highest BCUT2D eigenvalue weighted by atomic mass is 15.3. The van der Waals surface area contributed by atoms with E-state index in [2.05, 4.69) is 28.7 Å². The second kappa shape index (κ2) is 5.52. The van der Waals surface area contributed by atoms with Gasteiger partial charge < -0.3 is 10.6 Å². The van der Waals surface area contributed by atoms with Gasteiger partial charge in [-0.05, 0) is 26.4 Å². The van der Waals surface area contributed by atoms with Gasteiger partial charge in [0.05, 0.1) is 5.69 Å². The number of anilines is 1. The van der Waals surface area contributed by atoms with E-state index >= 15 is 0 Å². The number of rotatable bonds is 5. The van der Waals surface area contributed by atoms with Crippen molar-refractivity contribution in [1.29, 1.82) is 5.26 Å². The molecular formula is C11H19N5. The molecule has 0 spiro atoms. The lowest BCUT2D eigenvalue weighted by Crippen LogP contribution is -2.23. The highest BCUT2D eigenvalue weighted by Gasteiger charge is 2.12. The lowest BCUT2D eigenvalue weighted by molar-refractivity contribution is 0.566. The molecule has 0 aliphatic heterocycles. The van der Waals surface area contributed by atoms with E-state index in [4.69, 9.17) is 5.26 Å². The summed E-state index contributed by atoms with van der Waals surface area (Å²) in [5.41, 5.74) is 1.41. The predicted octanol–water partition coefficient (Wildman–Crippen LogP) is 0.868. The summed E-state index contributed by atoms with van der Waals surface area (Å²) in [4.78, 5) is 0. The molecule has 0 amide bonds. The highest BCUT2D eigenvalue weighted by Crippen LogP contribution is 2.17. The average molecular weight is 221 g/mol. The van der Waals surface area contributed by atoms with E-state index < -0.39 is 0 Å². The maximum atomic E-state index is 9.03. The first-order chi connectivity index (χ1) is 7.60. The number of nitriles is 1. The van der Waals surface area contributed by atoms with Crippen molar-refractivity contribution in [3.05, 3.63) is 11.3 Å². The molecule has 5 heteroatoms. The van der Waals surface area contributed by atoms with Gasteiger partial charge in [-0.2, -0.15) is 10.4 Å². The Kier molecular flexibility index (Phi) is 4.32. The van der Waals surface area contributed by atoms with Crippen molar-refractivity contribution in [1.82, 2.24) is 15.1 Å². The van der Waals surface area contributed by atoms with Crippen LogP contribution in [0.3, 0.4) is 0 Å². The zero-order valence-corrected chi connectivity index (χ0v) is 10.3. The predicted molar refractivity (Wildman–Crippen MR) is 64.2 cm³/mol. The minimum Gasteiger partial charge on any atom is -0.369 e. The molecule has 1 atom stereocenters. The van der Waals surface area contributed by atoms with Crippen molar-refractivity contribution in [2.75, 3.05) is 25.5 Å². The van der Waals surface area contributed by atoms with Crippen LogP contribution in [0.4, 0.5) is 5.82 Å². The van der Waals surface area contributed by atoms with E-state index in [9.17, 15) is 0 Å². The molecule has 0 saturated heterocycles. The fourth-order valence-corrected chi connectivity index (χ4v) is 1.69. The van der Waals surface area contributed by atoms with Crippen LogP contribution >= 0.6 is 0 Å². The molecule has 1 heterocycles. The second-order valence-corrected chi connectivity index (χ2v) is 4.09. The van der Waals surface area contributed by atoms with Gasteiger partial charge in [0.2, 0.25) is 0 Å². The van der Waals surface area contributed by atoms with Crippen LogP contribution in [0.25, 0.3) is 0 Å². The molecule has 0 aliphatic rings. The largest absolute Gasteiger partial charge is 0.369 e. The van der Waals surface area contributed by atoms with Crippen LogP contribution in [0, 0.1) is 24.2 Å². The van der Waals surface area contributed by atoms with Crippen molar-refractivity contribution in [2.24, 2.45) is 13.0 Å². The summed E-state index contributed by atoms with van der Waals surface area (Å²) < 4.78 is 1.72. The van der Waals surface area contributed by atoms with Gasteiger partial charge in [0.15, 0.2) is 0 Å². The van der Waals surface area contributed by atoms with Gasteiger partial charge in [-0.1, -0.05) is 6.92 Å². The van der Waals surface area contributed by atoms with Gasteiger partial charge in [-0.15, -0.1) is 0 Å². The molecule has 2 N–H and O–H groups in total. The lowest BCUT2D eigenvalue weighted by atomic mass is 10.2. The molecule has 5 nitrogen and oxygen atoms in total. The van der Waals surface area contributed by atoms with Crippen LogP contribution in [0.1, 0.15) is 18.2 Å². The zero-order valence-electron chi connectivity index (χ0n) is 10.3. The molecule has 1 rings (SSSR count). The van der Waals surface area contributed by atoms with Crippen molar-refractivity contribution in [3.63, 3.8) is 0 Å². The van der Waals surface area contributed by atoms with Gasteiger partial charge in [0.1, 0.15) is 17.5 Å². The van der Waals surface area contributed by atoms with E-state index in [1.54, 1.807) is 4.68 Å². The zero-order chi connectivity index (χ0) is 12.1. The smallest absolute Gasteiger partial charge is 0.142 e. The molecule has 0 aromatic carbocycles. The Labute approximate surface area is 96.5 Å². The molecule has 0 bridgehead atoms. The Morgan fingerprint density at radius 1 is 1.50 bits per heavy atom. The van der Waals surface area contributed by atoms with E-state index in [1.165, 1.54) is 0 Å². The first kappa shape index (κ1) is 12.5. The van der Waals surface area contributed by atoms with Crippen LogP contribution in [0.15, 0.2) is 0 Å². The molecule has 0 fully saturated rings. The molecular weight excluding hydrogens is 202 g/mol. The van der Waals surface area contributed by atoms with Crippen LogP contribution in [0.2, 0.25) is 0 Å². The van der Waals surface area contributed by atoms with Gasteiger partial charge in [0, 0.05) is 13.6 Å². The maximum absolute atomic E-state index is 9.03. The topological polar surface area (TPSA) is 65.7 Å². The lowest BCUT2D eigenvalue weighted by Gasteiger charge is -2.13. The van der Waals surface area contributed by atoms with Crippen LogP contribution in [-0.2, 0) is 7.05 Å². The van der Waals surface area contributed by atoms with Gasteiger partial charge >= 0.3 is 0 Å². The monoisotopic (exact) mass is 221 g/mol. The Hall–Kier alpha value is -1.54. The van der Waals surface area contributed by atoms with Gasteiger partial charge in [-0.3, -0.25) is 4.68 Å². The first-order valence-corrected chi connectivity index (χ1v) is 5.42. The quantitative estimate of drug-likeness (QED) is 0.774. The van der Waals surface area contributed by atoms with Gasteiger partial charge in [-0.25, -0.2) is 0 Å². The first-order valence-electron chi connectivity index (χ1n) is 5.42. The Balaban J connectivity index is 2.70. The number of aryl methyl sites for hydroxylation is 2. The highest BCUT2D eigenvalue weighted by molar-refractivity contribution is 5.54. The third-order valence-corrected chi connectivity index (χ3v) is 2.50. The third kappa shape index (κ3) is 2.74. The molecule has 0 radical (unpaired) electrons. The summed E-state index contributed by atoms with van der Waals surface area (Å²) in [7, 11) is 3.78. The Morgan fingerprint density at radius 3 is 2.75 bits per heavy atom. The normalized spacial score (nSPS) is 12.2. The summed E-state index contributed by atoms with van der Waals surface area (Å²) in [5, 5.41) is 19.6. The van der Waals surface area contributed by atoms with E-state index in [0.29, 0.717) is 11.5 Å². The van der Waals surface area contributed by atoms with Crippen molar-refractivity contribution < 1.29 is 0 Å². The number of aromatic nitrogens is 2. The number of hydrogen-bond acceptors (Lipinski definition) is 4. The summed E-state index contributed by atoms with van der Waals surface area (Å²) in [6.07, 6.45) is 0. The molecule has 0 saturated carbocycles. The molecule has 88 valence electrons. The van der Waals surface area contributed by atoms with Crippen LogP contribution < -0.4 is 10.6 Å². The number of nitrogens with zero attached hydrogens (tertiary/aromatic N) is 3. The van der Waals surface area contributed by atoms with Gasteiger partial charge in [0.25, 0.3) is 0 Å². The molecule has 16 heavy (non-hydrogen) atoms. The summed E-state index contributed by atoms with van der Waals surface area (Å²) in [6.45, 7) is 5.78. The van der Waals surface area contributed by atoms with Crippen molar-refractivity contribution >= 4 is 5.82 Å². The average Bonchev–Trinajstić information content (AvgIpc) is 2.50. The molecule has 1 unspecified atom stereocenters. The standard InChI is InChI=1S/C11H19N5/c1-8(6-13-3)7-14-11-10(5-12)9(2)15-16(11)4/h8,13-14H,6-7H2,1-4H3. The maximum Gasteiger partial charge on any atom is 0.142 e. The molecule has 1 aromatic heterocycles. The van der Waals surface area contributed by atoms with Crippen LogP contribution in [-0.4, -0.2) is 29.9 Å². The molecule has 0 aliphatic carbocycles. The Morgan fingerprint density at radius 2 is 2.19 bits per heavy atom. The summed E-state index contributed by atoms with van der Waals surface area (Å²) >= 11 is 0. The van der Waals surface area contributed by atoms with Crippen LogP contribution in [0.5, 0.6) is 0 Å². The SMILES string of the molecule is CNCC(C)CNc1c(C#N)c(C)nn1C. The third-order valence-electron chi connectivity index (χ3n) is 2.50. The fraction of sp³-hybridized carbons (Fsp3) is 0.636. The fourth-order valence-electron chi connectivity index (χ4n) is 1.69. The second-order valence-electron chi connectivity index (χ2n) is 4.09. The minimum atomic E-state index is 0.506. The minimum absolute atomic E-state index is 0.506. The Bertz CT molecular complexity index is 388. The summed E-state index contributed by atoms with van der Waals surface area (Å²) in [5.74, 6) is 1.31. The molecule has 1 aromatic rings. The van der Waals surface area contributed by atoms with E-state index in [0.717, 1.165) is 24.6 Å². The summed E-state index contributed by atoms with van der Waals surface area (Å²) in [6, 6.07) is 2.18. The van der Waals surface area contributed by atoms with Crippen molar-refractivity contribution in [2.45, 2.75) is 13.8 Å².